The number of hydrogen-bond acceptors (Lipinski definition) is 5. The number of rotatable bonds is 9. The zero-order chi connectivity index (χ0) is 30.6. The van der Waals surface area contributed by atoms with Crippen LogP contribution in [0.15, 0.2) is 103 Å². The maximum Gasteiger partial charge on any atom is 0.314 e. The van der Waals surface area contributed by atoms with E-state index in [1.54, 1.807) is 0 Å². The van der Waals surface area contributed by atoms with Gasteiger partial charge < -0.3 is 14.0 Å². The van der Waals surface area contributed by atoms with Crippen LogP contribution in [0.1, 0.15) is 58.1 Å². The summed E-state index contributed by atoms with van der Waals surface area (Å²) in [7, 11) is 0. The molecule has 1 aliphatic heterocycles. The van der Waals surface area contributed by atoms with Crippen LogP contribution in [0, 0.1) is 0 Å². The van der Waals surface area contributed by atoms with Crippen LogP contribution in [-0.2, 0) is 25.5 Å². The van der Waals surface area contributed by atoms with Crippen LogP contribution >= 0.6 is 0 Å². The normalized spacial score (nSPS) is 17.4. The largest absolute Gasteiger partial charge is 0.459 e. The van der Waals surface area contributed by atoms with Gasteiger partial charge in [0.25, 0.3) is 0 Å². The van der Waals surface area contributed by atoms with E-state index in [9.17, 15) is 9.59 Å². The van der Waals surface area contributed by atoms with E-state index in [0.717, 1.165) is 28.8 Å². The molecule has 1 fully saturated rings. The number of hydrazine groups is 1. The summed E-state index contributed by atoms with van der Waals surface area (Å²) < 4.78 is 13.8. The van der Waals surface area contributed by atoms with Gasteiger partial charge in [-0.15, -0.1) is 0 Å². The van der Waals surface area contributed by atoms with Crippen LogP contribution in [0.25, 0.3) is 16.8 Å². The van der Waals surface area contributed by atoms with Crippen molar-refractivity contribution in [2.24, 2.45) is 0 Å². The van der Waals surface area contributed by atoms with Crippen molar-refractivity contribution in [1.82, 2.24) is 15.0 Å². The quantitative estimate of drug-likeness (QED) is 0.224. The smallest absolute Gasteiger partial charge is 0.314 e. The number of amides is 1. The third-order valence-corrected chi connectivity index (χ3v) is 7.61. The van der Waals surface area contributed by atoms with Gasteiger partial charge in [-0.25, -0.2) is 0 Å². The second-order valence-corrected chi connectivity index (χ2v) is 12.6. The molecule has 3 aromatic carbocycles. The van der Waals surface area contributed by atoms with Gasteiger partial charge in [-0.05, 0) is 81.5 Å². The Hall–Kier alpha value is -4.20. The van der Waals surface area contributed by atoms with Crippen molar-refractivity contribution < 1.29 is 19.1 Å². The molecule has 0 bridgehead atoms. The minimum Gasteiger partial charge on any atom is -0.459 e. The Morgan fingerprint density at radius 1 is 0.930 bits per heavy atom. The number of carbonyl (C=O) groups excluding carboxylic acids is 2. The Morgan fingerprint density at radius 3 is 2.21 bits per heavy atom. The third-order valence-electron chi connectivity index (χ3n) is 7.61. The molecule has 1 amide bonds. The van der Waals surface area contributed by atoms with Crippen LogP contribution in [0.3, 0.4) is 0 Å². The summed E-state index contributed by atoms with van der Waals surface area (Å²) in [6.07, 6.45) is 4.48. The average molecular weight is 580 g/mol. The van der Waals surface area contributed by atoms with Gasteiger partial charge in [-0.2, -0.15) is 5.01 Å². The van der Waals surface area contributed by atoms with Crippen molar-refractivity contribution in [3.8, 4) is 16.8 Å². The van der Waals surface area contributed by atoms with E-state index in [-0.39, 0.29) is 18.4 Å². The second kappa shape index (κ2) is 12.6. The number of nitrogens with one attached hydrogen (secondary N) is 1. The van der Waals surface area contributed by atoms with Crippen molar-refractivity contribution in [2.75, 3.05) is 6.61 Å². The van der Waals surface area contributed by atoms with Gasteiger partial charge in [-0.3, -0.25) is 15.0 Å². The Bertz CT molecular complexity index is 1520. The maximum absolute atomic E-state index is 13.6. The number of benzene rings is 3. The van der Waals surface area contributed by atoms with Crippen LogP contribution < -0.4 is 5.43 Å². The first-order chi connectivity index (χ1) is 20.5. The van der Waals surface area contributed by atoms with Crippen LogP contribution in [0.4, 0.5) is 0 Å². The zero-order valence-corrected chi connectivity index (χ0v) is 25.6. The lowest BCUT2D eigenvalue weighted by Crippen LogP contribution is -2.55. The van der Waals surface area contributed by atoms with Gasteiger partial charge in [0, 0.05) is 24.5 Å². The molecule has 1 N–H and O–H groups in total. The summed E-state index contributed by atoms with van der Waals surface area (Å²) >= 11 is 0. The molecule has 2 atom stereocenters. The first-order valence-electron chi connectivity index (χ1n) is 14.8. The summed E-state index contributed by atoms with van der Waals surface area (Å²) in [6, 6.07) is 30.5. The number of esters is 1. The van der Waals surface area contributed by atoms with Gasteiger partial charge in [0.15, 0.2) is 0 Å². The Kier molecular flexibility index (Phi) is 8.85. The molecule has 2 unspecified atom stereocenters. The van der Waals surface area contributed by atoms with E-state index in [1.807, 2.05) is 111 Å². The zero-order valence-electron chi connectivity index (χ0n) is 25.6. The van der Waals surface area contributed by atoms with Crippen LogP contribution in [0.2, 0.25) is 0 Å². The van der Waals surface area contributed by atoms with Crippen molar-refractivity contribution in [3.63, 3.8) is 0 Å². The molecular formula is C36H41N3O4. The van der Waals surface area contributed by atoms with Gasteiger partial charge in [-0.1, -0.05) is 72.8 Å². The molecule has 224 valence electrons. The summed E-state index contributed by atoms with van der Waals surface area (Å²) in [5, 5.41) is 1.88. The van der Waals surface area contributed by atoms with Crippen LogP contribution in [0.5, 0.6) is 0 Å². The SMILES string of the molecule is CC(C)(C)OC(=O)C(CC(=O)NN1C(Cc2ccccc2)COC1(C)C)c1ccn(-c2ccc(-c3ccccc3)cc2)c1. The van der Waals surface area contributed by atoms with Gasteiger partial charge in [0.2, 0.25) is 5.91 Å². The third kappa shape index (κ3) is 7.61. The van der Waals surface area contributed by atoms with Gasteiger partial charge >= 0.3 is 5.97 Å². The minimum absolute atomic E-state index is 0.0405. The molecule has 1 saturated heterocycles. The highest BCUT2D eigenvalue weighted by Gasteiger charge is 2.42. The number of nitrogens with zero attached hydrogens (tertiary/aromatic N) is 2. The Balaban J connectivity index is 1.34. The lowest BCUT2D eigenvalue weighted by molar-refractivity contribution is -0.158. The molecule has 0 saturated carbocycles. The Labute approximate surface area is 254 Å². The highest BCUT2D eigenvalue weighted by Crippen LogP contribution is 2.30. The molecular weight excluding hydrogens is 538 g/mol. The molecule has 0 spiro atoms. The van der Waals surface area contributed by atoms with Crippen molar-refractivity contribution in [2.45, 2.75) is 70.7 Å². The van der Waals surface area contributed by atoms with Crippen LogP contribution in [-0.4, -0.2) is 45.4 Å². The highest BCUT2D eigenvalue weighted by molar-refractivity contribution is 5.86. The molecule has 4 aromatic rings. The number of hydrogen-bond donors (Lipinski definition) is 1. The summed E-state index contributed by atoms with van der Waals surface area (Å²) in [6.45, 7) is 9.86. The molecule has 1 aromatic heterocycles. The summed E-state index contributed by atoms with van der Waals surface area (Å²) in [5.74, 6) is -1.48. The molecule has 2 heterocycles. The van der Waals surface area contributed by atoms with E-state index in [0.29, 0.717) is 12.2 Å². The lowest BCUT2D eigenvalue weighted by Gasteiger charge is -2.34. The summed E-state index contributed by atoms with van der Waals surface area (Å²) in [5.41, 5.74) is 6.81. The highest BCUT2D eigenvalue weighted by atomic mass is 16.6. The van der Waals surface area contributed by atoms with E-state index < -0.39 is 23.2 Å². The van der Waals surface area contributed by atoms with Crippen molar-refractivity contribution >= 4 is 11.9 Å². The van der Waals surface area contributed by atoms with E-state index >= 15 is 0 Å². The molecule has 43 heavy (non-hydrogen) atoms. The van der Waals surface area contributed by atoms with Gasteiger partial charge in [0.1, 0.15) is 11.3 Å². The lowest BCUT2D eigenvalue weighted by atomic mass is 9.97. The number of carbonyl (C=O) groups is 2. The second-order valence-electron chi connectivity index (χ2n) is 12.6. The van der Waals surface area contributed by atoms with Crippen molar-refractivity contribution in [3.05, 3.63) is 115 Å². The molecule has 7 heteroatoms. The molecule has 0 aliphatic carbocycles. The van der Waals surface area contributed by atoms with Gasteiger partial charge in [0.05, 0.1) is 18.6 Å². The first-order valence-corrected chi connectivity index (χ1v) is 14.8. The first kappa shape index (κ1) is 30.3. The fraction of sp³-hybridized carbons (Fsp3) is 0.333. The molecule has 1 aliphatic rings. The molecule has 5 rings (SSSR count). The topological polar surface area (TPSA) is 72.8 Å². The fourth-order valence-corrected chi connectivity index (χ4v) is 5.46. The number of aromatic nitrogens is 1. The minimum atomic E-state index is -0.775. The fourth-order valence-electron chi connectivity index (χ4n) is 5.46. The van der Waals surface area contributed by atoms with Crippen molar-refractivity contribution in [1.29, 1.82) is 0 Å². The predicted octanol–water partition coefficient (Wildman–Crippen LogP) is 6.67. The Morgan fingerprint density at radius 2 is 1.56 bits per heavy atom. The predicted molar refractivity (Wildman–Crippen MR) is 168 cm³/mol. The van der Waals surface area contributed by atoms with E-state index in [4.69, 9.17) is 9.47 Å². The standard InChI is InChI=1S/C36H41N3O4/c1-35(2,3)43-34(41)32(23-33(40)37-39-31(25-42-36(39,4)5)22-26-12-8-6-9-13-26)29-20-21-38(24-29)30-18-16-28(17-19-30)27-14-10-7-11-15-27/h6-21,24,31-32H,22-23,25H2,1-5H3,(H,37,40). The number of ether oxygens (including phenoxy) is 2. The van der Waals surface area contributed by atoms with E-state index in [2.05, 4.69) is 41.8 Å². The summed E-state index contributed by atoms with van der Waals surface area (Å²) in [4.78, 5) is 27.0. The monoisotopic (exact) mass is 579 g/mol. The molecule has 7 nitrogen and oxygen atoms in total. The average Bonchev–Trinajstić information content (AvgIpc) is 3.57. The molecule has 0 radical (unpaired) electrons. The van der Waals surface area contributed by atoms with E-state index in [1.165, 1.54) is 0 Å². The maximum atomic E-state index is 13.6.